The van der Waals surface area contributed by atoms with Gasteiger partial charge in [0, 0.05) is 38.1 Å². The Morgan fingerprint density at radius 3 is 2.64 bits per heavy atom. The minimum atomic E-state index is -0.312. The smallest absolute Gasteiger partial charge is 0.251 e. The maximum absolute atomic E-state index is 14.6. The number of aliphatic imine (C=N–C) groups is 1. The lowest BCUT2D eigenvalue weighted by Crippen LogP contribution is -2.38. The molecule has 1 aromatic heterocycles. The predicted molar refractivity (Wildman–Crippen MR) is 140 cm³/mol. The zero-order chi connectivity index (χ0) is 22.9. The number of rotatable bonds is 8. The van der Waals surface area contributed by atoms with Gasteiger partial charge in [-0.2, -0.15) is 0 Å². The number of hydrogen-bond donors (Lipinski definition) is 3. The lowest BCUT2D eigenvalue weighted by molar-refractivity contribution is 0.0963. The van der Waals surface area contributed by atoms with Crippen LogP contribution in [0.2, 0.25) is 0 Å². The van der Waals surface area contributed by atoms with Gasteiger partial charge in [-0.3, -0.25) is 4.79 Å². The first kappa shape index (κ1) is 26.3. The molecule has 3 aromatic rings. The number of benzene rings is 2. The monoisotopic (exact) mass is 564 g/mol. The van der Waals surface area contributed by atoms with Gasteiger partial charge >= 0.3 is 0 Å². The van der Waals surface area contributed by atoms with E-state index in [0.29, 0.717) is 36.8 Å². The molecule has 1 heterocycles. The summed E-state index contributed by atoms with van der Waals surface area (Å²) in [5.41, 5.74) is 2.94. The Balaban J connectivity index is 0.00000385. The van der Waals surface area contributed by atoms with E-state index in [4.69, 9.17) is 0 Å². The van der Waals surface area contributed by atoms with Crippen LogP contribution in [0.15, 0.2) is 59.9 Å². The highest BCUT2D eigenvalue weighted by atomic mass is 127. The molecular weight excluding hydrogens is 534 g/mol. The molecular formula is C24H30FIN6O. The van der Waals surface area contributed by atoms with Gasteiger partial charge in [0.1, 0.15) is 11.6 Å². The summed E-state index contributed by atoms with van der Waals surface area (Å²) in [5, 5.41) is 9.13. The Bertz CT molecular complexity index is 1100. The number of amides is 1. The minimum Gasteiger partial charge on any atom is -0.357 e. The van der Waals surface area contributed by atoms with Gasteiger partial charge in [0.05, 0.1) is 12.2 Å². The molecule has 3 N–H and O–H groups in total. The highest BCUT2D eigenvalue weighted by Crippen LogP contribution is 2.17. The summed E-state index contributed by atoms with van der Waals surface area (Å²) in [6.07, 6.45) is 4.13. The third kappa shape index (κ3) is 7.28. The third-order valence-corrected chi connectivity index (χ3v) is 4.98. The van der Waals surface area contributed by atoms with Gasteiger partial charge in [-0.25, -0.2) is 14.4 Å². The average molecular weight is 564 g/mol. The molecule has 0 radical (unpaired) electrons. The molecule has 3 rings (SSSR count). The van der Waals surface area contributed by atoms with Crippen molar-refractivity contribution in [2.75, 3.05) is 20.1 Å². The van der Waals surface area contributed by atoms with Crippen LogP contribution in [0.4, 0.5) is 4.39 Å². The molecule has 1 amide bonds. The van der Waals surface area contributed by atoms with Crippen molar-refractivity contribution < 1.29 is 9.18 Å². The van der Waals surface area contributed by atoms with E-state index in [-0.39, 0.29) is 35.7 Å². The third-order valence-electron chi connectivity index (χ3n) is 4.98. The number of aryl methyl sites for hydroxylation is 1. The number of aromatic nitrogens is 2. The number of guanidine groups is 1. The molecule has 0 saturated heterocycles. The Morgan fingerprint density at radius 2 is 1.97 bits per heavy atom. The predicted octanol–water partition coefficient (Wildman–Crippen LogP) is 3.60. The van der Waals surface area contributed by atoms with Crippen molar-refractivity contribution in [2.45, 2.75) is 26.8 Å². The van der Waals surface area contributed by atoms with Gasteiger partial charge in [0.2, 0.25) is 0 Å². The molecule has 9 heteroatoms. The maximum atomic E-state index is 14.6. The summed E-state index contributed by atoms with van der Waals surface area (Å²) >= 11 is 0. The number of carbonyl (C=O) groups is 1. The van der Waals surface area contributed by atoms with Gasteiger partial charge in [-0.1, -0.05) is 18.2 Å². The summed E-state index contributed by atoms with van der Waals surface area (Å²) in [6, 6.07) is 12.7. The van der Waals surface area contributed by atoms with Crippen molar-refractivity contribution in [3.63, 3.8) is 0 Å². The second-order valence-electron chi connectivity index (χ2n) is 7.28. The first-order valence-corrected chi connectivity index (χ1v) is 10.6. The van der Waals surface area contributed by atoms with Crippen LogP contribution < -0.4 is 16.0 Å². The minimum absolute atomic E-state index is 0. The number of halogens is 2. The van der Waals surface area contributed by atoms with Crippen molar-refractivity contribution in [3.8, 4) is 5.69 Å². The van der Waals surface area contributed by atoms with Crippen LogP contribution in [0, 0.1) is 12.7 Å². The zero-order valence-electron chi connectivity index (χ0n) is 19.1. The van der Waals surface area contributed by atoms with E-state index in [1.807, 2.05) is 38.1 Å². The van der Waals surface area contributed by atoms with Gasteiger partial charge in [0.25, 0.3) is 5.91 Å². The fraction of sp³-hybridized carbons (Fsp3) is 0.292. The highest BCUT2D eigenvalue weighted by Gasteiger charge is 2.08. The molecule has 7 nitrogen and oxygen atoms in total. The normalized spacial score (nSPS) is 11.0. The van der Waals surface area contributed by atoms with E-state index < -0.39 is 0 Å². The molecule has 0 bridgehead atoms. The fourth-order valence-corrected chi connectivity index (χ4v) is 3.33. The van der Waals surface area contributed by atoms with Crippen LogP contribution >= 0.6 is 24.0 Å². The van der Waals surface area contributed by atoms with Crippen molar-refractivity contribution in [1.29, 1.82) is 0 Å². The molecule has 0 saturated carbocycles. The molecule has 0 aliphatic carbocycles. The summed E-state index contributed by atoms with van der Waals surface area (Å²) in [4.78, 5) is 20.5. The highest BCUT2D eigenvalue weighted by molar-refractivity contribution is 14.0. The first-order valence-electron chi connectivity index (χ1n) is 10.6. The number of carbonyl (C=O) groups excluding carboxylic acids is 1. The molecule has 0 aliphatic heterocycles. The Kier molecular flexibility index (Phi) is 10.3. The van der Waals surface area contributed by atoms with Crippen LogP contribution in [-0.4, -0.2) is 41.6 Å². The summed E-state index contributed by atoms with van der Waals surface area (Å²) in [7, 11) is 1.62. The van der Waals surface area contributed by atoms with Crippen LogP contribution in [0.25, 0.3) is 5.69 Å². The fourth-order valence-electron chi connectivity index (χ4n) is 3.33. The van der Waals surface area contributed by atoms with E-state index in [9.17, 15) is 9.18 Å². The first-order chi connectivity index (χ1) is 15.5. The zero-order valence-corrected chi connectivity index (χ0v) is 21.4. The quantitative estimate of drug-likeness (QED) is 0.222. The molecule has 176 valence electrons. The molecule has 2 aromatic carbocycles. The maximum Gasteiger partial charge on any atom is 0.251 e. The molecule has 0 fully saturated rings. The average Bonchev–Trinajstić information content (AvgIpc) is 3.22. The molecule has 33 heavy (non-hydrogen) atoms. The van der Waals surface area contributed by atoms with Crippen LogP contribution in [0.1, 0.15) is 34.2 Å². The van der Waals surface area contributed by atoms with Crippen molar-refractivity contribution >= 4 is 35.8 Å². The topological polar surface area (TPSA) is 83.3 Å². The van der Waals surface area contributed by atoms with E-state index in [1.54, 1.807) is 36.1 Å². The Labute approximate surface area is 210 Å². The molecule has 0 spiro atoms. The van der Waals surface area contributed by atoms with E-state index in [0.717, 1.165) is 23.4 Å². The van der Waals surface area contributed by atoms with Gasteiger partial charge in [-0.05, 0) is 55.7 Å². The SMILES string of the molecule is CCNC(=NCc1ccc(-n2ccnc2C)c(F)c1)NCCc1cccc(C(=O)NC)c1.I. The standard InChI is InChI=1S/C24H29FN6O.HI/c1-4-27-24(29-11-10-18-6-5-7-20(14-18)23(32)26-3)30-16-19-8-9-22(21(25)15-19)31-13-12-28-17(31)2;/h5-9,12-15H,4,10-11,16H2,1-3H3,(H,26,32)(H2,27,29,30);1H. The lowest BCUT2D eigenvalue weighted by atomic mass is 10.1. The van der Waals surface area contributed by atoms with E-state index in [1.165, 1.54) is 6.07 Å². The number of imidazole rings is 1. The number of nitrogens with zero attached hydrogens (tertiary/aromatic N) is 3. The molecule has 0 aliphatic rings. The second kappa shape index (κ2) is 12.9. The summed E-state index contributed by atoms with van der Waals surface area (Å²) in [5.74, 6) is 0.975. The van der Waals surface area contributed by atoms with Crippen molar-refractivity contribution in [3.05, 3.63) is 83.2 Å². The lowest BCUT2D eigenvalue weighted by Gasteiger charge is -2.12. The van der Waals surface area contributed by atoms with Crippen molar-refractivity contribution in [1.82, 2.24) is 25.5 Å². The van der Waals surface area contributed by atoms with Crippen LogP contribution in [-0.2, 0) is 13.0 Å². The van der Waals surface area contributed by atoms with Gasteiger partial charge in [-0.15, -0.1) is 24.0 Å². The largest absolute Gasteiger partial charge is 0.357 e. The Hall–Kier alpha value is -2.95. The summed E-state index contributed by atoms with van der Waals surface area (Å²) in [6.45, 7) is 5.54. The Morgan fingerprint density at radius 1 is 1.15 bits per heavy atom. The number of hydrogen-bond acceptors (Lipinski definition) is 3. The molecule has 0 atom stereocenters. The van der Waals surface area contributed by atoms with Crippen LogP contribution in [0.5, 0.6) is 0 Å². The summed E-state index contributed by atoms with van der Waals surface area (Å²) < 4.78 is 16.3. The van der Waals surface area contributed by atoms with Crippen molar-refractivity contribution in [2.24, 2.45) is 4.99 Å². The van der Waals surface area contributed by atoms with Gasteiger partial charge in [0.15, 0.2) is 5.96 Å². The molecule has 0 unspecified atom stereocenters. The second-order valence-corrected chi connectivity index (χ2v) is 7.28. The number of nitrogens with one attached hydrogen (secondary N) is 3. The van der Waals surface area contributed by atoms with Crippen LogP contribution in [0.3, 0.4) is 0 Å². The van der Waals surface area contributed by atoms with E-state index in [2.05, 4.69) is 25.9 Å². The van der Waals surface area contributed by atoms with E-state index >= 15 is 0 Å². The van der Waals surface area contributed by atoms with Gasteiger partial charge < -0.3 is 20.5 Å².